The van der Waals surface area contributed by atoms with Gasteiger partial charge in [-0.15, -0.1) is 0 Å². The highest BCUT2D eigenvalue weighted by Gasteiger charge is 2.14. The van der Waals surface area contributed by atoms with Gasteiger partial charge in [0.2, 0.25) is 0 Å². The highest BCUT2D eigenvalue weighted by atomic mass is 16.6. The number of hydrogen-bond acceptors (Lipinski definition) is 5. The fourth-order valence-corrected chi connectivity index (χ4v) is 1.76. The molecule has 1 N–H and O–H groups in total. The van der Waals surface area contributed by atoms with Crippen LogP contribution in [0.25, 0.3) is 0 Å². The van der Waals surface area contributed by atoms with Crippen molar-refractivity contribution in [2.75, 3.05) is 7.11 Å². The van der Waals surface area contributed by atoms with E-state index in [0.717, 1.165) is 0 Å². The van der Waals surface area contributed by atoms with Gasteiger partial charge in [-0.1, -0.05) is 12.1 Å². The molecular formula is C14H13NO5. The summed E-state index contributed by atoms with van der Waals surface area (Å²) in [7, 11) is 1.52. The van der Waals surface area contributed by atoms with E-state index in [-0.39, 0.29) is 11.3 Å². The fourth-order valence-electron chi connectivity index (χ4n) is 1.76. The van der Waals surface area contributed by atoms with Crippen LogP contribution < -0.4 is 9.47 Å². The van der Waals surface area contributed by atoms with Gasteiger partial charge in [-0.2, -0.15) is 0 Å². The first kappa shape index (κ1) is 13.8. The van der Waals surface area contributed by atoms with Crippen LogP contribution in [0.1, 0.15) is 5.56 Å². The minimum atomic E-state index is -0.543. The Balaban J connectivity index is 2.32. The molecule has 0 aliphatic rings. The minimum absolute atomic E-state index is 0.139. The van der Waals surface area contributed by atoms with Crippen molar-refractivity contribution in [3.63, 3.8) is 0 Å². The third kappa shape index (κ3) is 2.86. The standard InChI is InChI=1S/C14H13NO5/c1-19-13-4-2-3-5-14(13)20-11-6-7-12(15(17)18)10(8-11)9-16/h2-8,16H,9H2,1H3. The van der Waals surface area contributed by atoms with Gasteiger partial charge in [0.1, 0.15) is 5.75 Å². The second-order valence-electron chi connectivity index (χ2n) is 3.96. The molecule has 0 heterocycles. The van der Waals surface area contributed by atoms with Crippen molar-refractivity contribution in [1.82, 2.24) is 0 Å². The molecule has 6 heteroatoms. The lowest BCUT2D eigenvalue weighted by Gasteiger charge is -2.10. The number of nitro benzene ring substituents is 1. The van der Waals surface area contributed by atoms with E-state index in [0.29, 0.717) is 17.2 Å². The van der Waals surface area contributed by atoms with Crippen LogP contribution in [0, 0.1) is 10.1 Å². The second-order valence-corrected chi connectivity index (χ2v) is 3.96. The zero-order valence-electron chi connectivity index (χ0n) is 10.8. The van der Waals surface area contributed by atoms with Gasteiger partial charge in [-0.05, 0) is 24.3 Å². The van der Waals surface area contributed by atoms with Crippen molar-refractivity contribution in [2.45, 2.75) is 6.61 Å². The number of nitro groups is 1. The molecule has 0 atom stereocenters. The van der Waals surface area contributed by atoms with E-state index in [4.69, 9.17) is 9.47 Å². The summed E-state index contributed by atoms with van der Waals surface area (Å²) in [6, 6.07) is 11.3. The molecule has 0 amide bonds. The molecule has 0 saturated heterocycles. The molecule has 2 aromatic rings. The predicted molar refractivity (Wildman–Crippen MR) is 72.1 cm³/mol. The van der Waals surface area contributed by atoms with Gasteiger partial charge >= 0.3 is 0 Å². The highest BCUT2D eigenvalue weighted by Crippen LogP contribution is 2.33. The minimum Gasteiger partial charge on any atom is -0.493 e. The second kappa shape index (κ2) is 6.03. The Bertz CT molecular complexity index is 627. The Kier molecular flexibility index (Phi) is 4.17. The molecule has 104 valence electrons. The summed E-state index contributed by atoms with van der Waals surface area (Å²) in [4.78, 5) is 10.2. The van der Waals surface area contributed by atoms with Crippen molar-refractivity contribution >= 4 is 5.69 Å². The molecule has 0 aliphatic heterocycles. The summed E-state index contributed by atoms with van der Waals surface area (Å²) >= 11 is 0. The molecule has 6 nitrogen and oxygen atoms in total. The smallest absolute Gasteiger partial charge is 0.275 e. The van der Waals surface area contributed by atoms with E-state index in [1.54, 1.807) is 24.3 Å². The zero-order valence-corrected chi connectivity index (χ0v) is 10.8. The topological polar surface area (TPSA) is 81.8 Å². The summed E-state index contributed by atoms with van der Waals surface area (Å²) in [5.74, 6) is 1.44. The van der Waals surface area contributed by atoms with Crippen LogP contribution in [-0.2, 0) is 6.61 Å². The fraction of sp³-hybridized carbons (Fsp3) is 0.143. The monoisotopic (exact) mass is 275 g/mol. The summed E-state index contributed by atoms with van der Waals surface area (Å²) < 4.78 is 10.8. The van der Waals surface area contributed by atoms with E-state index in [1.165, 1.54) is 25.3 Å². The lowest BCUT2D eigenvalue weighted by molar-refractivity contribution is -0.385. The molecule has 0 fully saturated rings. The van der Waals surface area contributed by atoms with Crippen LogP contribution in [0.3, 0.4) is 0 Å². The Labute approximate surface area is 115 Å². The number of nitrogens with zero attached hydrogens (tertiary/aromatic N) is 1. The Morgan fingerprint density at radius 3 is 2.50 bits per heavy atom. The summed E-state index contributed by atoms with van der Waals surface area (Å²) in [6.45, 7) is -0.431. The maximum Gasteiger partial charge on any atom is 0.275 e. The van der Waals surface area contributed by atoms with Crippen LogP contribution in [0.5, 0.6) is 17.2 Å². The molecule has 0 spiro atoms. The maximum atomic E-state index is 10.8. The maximum absolute atomic E-state index is 10.8. The first-order valence-electron chi connectivity index (χ1n) is 5.84. The van der Waals surface area contributed by atoms with Gasteiger partial charge in [0, 0.05) is 6.07 Å². The molecule has 20 heavy (non-hydrogen) atoms. The number of aliphatic hydroxyl groups is 1. The normalized spacial score (nSPS) is 10.1. The van der Waals surface area contributed by atoms with E-state index in [9.17, 15) is 15.2 Å². The van der Waals surface area contributed by atoms with Gasteiger partial charge in [0.15, 0.2) is 11.5 Å². The van der Waals surface area contributed by atoms with Crippen molar-refractivity contribution in [3.05, 3.63) is 58.1 Å². The molecular weight excluding hydrogens is 262 g/mol. The SMILES string of the molecule is COc1ccccc1Oc1ccc([N+](=O)[O-])c(CO)c1. The molecule has 0 aliphatic carbocycles. The van der Waals surface area contributed by atoms with Crippen LogP contribution in [0.2, 0.25) is 0 Å². The average molecular weight is 275 g/mol. The third-order valence-corrected chi connectivity index (χ3v) is 2.71. The van der Waals surface area contributed by atoms with Gasteiger partial charge in [0.25, 0.3) is 5.69 Å². The van der Waals surface area contributed by atoms with Gasteiger partial charge < -0.3 is 14.6 Å². The lowest BCUT2D eigenvalue weighted by atomic mass is 10.2. The molecule has 0 aromatic heterocycles. The van der Waals surface area contributed by atoms with Crippen molar-refractivity contribution < 1.29 is 19.5 Å². The van der Waals surface area contributed by atoms with E-state index >= 15 is 0 Å². The van der Waals surface area contributed by atoms with Crippen LogP contribution in [0.15, 0.2) is 42.5 Å². The van der Waals surface area contributed by atoms with Crippen molar-refractivity contribution in [2.24, 2.45) is 0 Å². The van der Waals surface area contributed by atoms with Crippen molar-refractivity contribution in [1.29, 1.82) is 0 Å². The van der Waals surface area contributed by atoms with Crippen LogP contribution in [-0.4, -0.2) is 17.1 Å². The number of ether oxygens (including phenoxy) is 2. The number of benzene rings is 2. The molecule has 0 radical (unpaired) electrons. The number of aliphatic hydroxyl groups excluding tert-OH is 1. The molecule has 2 aromatic carbocycles. The highest BCUT2D eigenvalue weighted by molar-refractivity contribution is 5.48. The number of hydrogen-bond donors (Lipinski definition) is 1. The first-order valence-corrected chi connectivity index (χ1v) is 5.84. The molecule has 2 rings (SSSR count). The zero-order chi connectivity index (χ0) is 14.5. The van der Waals surface area contributed by atoms with Gasteiger partial charge in [0.05, 0.1) is 24.2 Å². The molecule has 0 unspecified atom stereocenters. The van der Waals surface area contributed by atoms with Crippen molar-refractivity contribution in [3.8, 4) is 17.2 Å². The quantitative estimate of drug-likeness (QED) is 0.670. The predicted octanol–water partition coefficient (Wildman–Crippen LogP) is 2.89. The van der Waals surface area contributed by atoms with Crippen LogP contribution in [0.4, 0.5) is 5.69 Å². The lowest BCUT2D eigenvalue weighted by Crippen LogP contribution is -1.96. The Morgan fingerprint density at radius 1 is 1.20 bits per heavy atom. The Hall–Kier alpha value is -2.60. The molecule has 0 saturated carbocycles. The van der Waals surface area contributed by atoms with Gasteiger partial charge in [-0.25, -0.2) is 0 Å². The average Bonchev–Trinajstić information content (AvgIpc) is 2.47. The Morgan fingerprint density at radius 2 is 1.90 bits per heavy atom. The number of methoxy groups -OCH3 is 1. The molecule has 0 bridgehead atoms. The summed E-state index contributed by atoms with van der Waals surface area (Å²) in [5, 5.41) is 20.0. The summed E-state index contributed by atoms with van der Waals surface area (Å²) in [5.41, 5.74) is 0.0577. The van der Waals surface area contributed by atoms with E-state index in [2.05, 4.69) is 0 Å². The number of para-hydroxylation sites is 2. The van der Waals surface area contributed by atoms with E-state index < -0.39 is 11.5 Å². The third-order valence-electron chi connectivity index (χ3n) is 2.71. The largest absolute Gasteiger partial charge is 0.493 e. The number of rotatable bonds is 5. The van der Waals surface area contributed by atoms with Crippen LogP contribution >= 0.6 is 0 Å². The van der Waals surface area contributed by atoms with E-state index in [1.807, 2.05) is 0 Å². The first-order chi connectivity index (χ1) is 9.65. The van der Waals surface area contributed by atoms with Gasteiger partial charge in [-0.3, -0.25) is 10.1 Å². The summed E-state index contributed by atoms with van der Waals surface area (Å²) in [6.07, 6.45) is 0.